The van der Waals surface area contributed by atoms with E-state index in [0.717, 1.165) is 5.69 Å². The summed E-state index contributed by atoms with van der Waals surface area (Å²) in [5, 5.41) is 10.3. The maximum Gasteiger partial charge on any atom is 0.105 e. The van der Waals surface area contributed by atoms with Gasteiger partial charge in [-0.2, -0.15) is 15.4 Å². The van der Waals surface area contributed by atoms with Crippen LogP contribution in [0, 0.1) is 13.8 Å². The fraction of sp³-hybridized carbons (Fsp3) is 0.167. The minimum Gasteiger partial charge on any atom is -0.197 e. The molecule has 0 bridgehead atoms. The molecule has 3 nitrogen and oxygen atoms in total. The van der Waals surface area contributed by atoms with Crippen LogP contribution < -0.4 is 0 Å². The summed E-state index contributed by atoms with van der Waals surface area (Å²) in [7, 11) is 0. The molecule has 2 rings (SSSR count). The second-order valence-corrected chi connectivity index (χ2v) is 3.59. The Hall–Kier alpha value is -1.90. The minimum atomic E-state index is 0.843. The molecule has 1 heterocycles. The van der Waals surface area contributed by atoms with Crippen LogP contribution in [0.5, 0.6) is 0 Å². The van der Waals surface area contributed by atoms with Gasteiger partial charge in [0, 0.05) is 0 Å². The molecule has 0 radical (unpaired) electrons. The second kappa shape index (κ2) is 4.09. The lowest BCUT2D eigenvalue weighted by molar-refractivity contribution is 0.937. The Kier molecular flexibility index (Phi) is 2.63. The highest BCUT2D eigenvalue weighted by atomic mass is 15.3. The third-order valence-corrected chi connectivity index (χ3v) is 2.29. The van der Waals surface area contributed by atoms with Crippen molar-refractivity contribution in [2.45, 2.75) is 13.8 Å². The molecular formula is C12H13N3. The van der Waals surface area contributed by atoms with E-state index in [1.54, 1.807) is 6.20 Å². The van der Waals surface area contributed by atoms with Gasteiger partial charge in [-0.15, -0.1) is 0 Å². The molecule has 0 amide bonds. The Balaban J connectivity index is 2.24. The van der Waals surface area contributed by atoms with Gasteiger partial charge in [0.15, 0.2) is 0 Å². The molecule has 0 unspecified atom stereocenters. The van der Waals surface area contributed by atoms with E-state index in [1.807, 2.05) is 12.2 Å². The number of aromatic amines is 1. The lowest BCUT2D eigenvalue weighted by Gasteiger charge is -2.00. The first-order valence-electron chi connectivity index (χ1n) is 4.87. The van der Waals surface area contributed by atoms with Crippen LogP contribution >= 0.6 is 0 Å². The Labute approximate surface area is 88.8 Å². The first kappa shape index (κ1) is 9.65. The van der Waals surface area contributed by atoms with Crippen LogP contribution in [0.25, 0.3) is 12.2 Å². The van der Waals surface area contributed by atoms with Gasteiger partial charge in [-0.3, -0.25) is 0 Å². The van der Waals surface area contributed by atoms with Crippen LogP contribution in [0.1, 0.15) is 22.4 Å². The van der Waals surface area contributed by atoms with E-state index >= 15 is 0 Å². The molecule has 1 N–H and O–H groups in total. The van der Waals surface area contributed by atoms with E-state index in [9.17, 15) is 0 Å². The lowest BCUT2D eigenvalue weighted by atomic mass is 10.1. The summed E-state index contributed by atoms with van der Waals surface area (Å²) in [4.78, 5) is 0. The lowest BCUT2D eigenvalue weighted by Crippen LogP contribution is -1.81. The normalized spacial score (nSPS) is 11.1. The zero-order chi connectivity index (χ0) is 10.7. The van der Waals surface area contributed by atoms with Crippen LogP contribution in [0.4, 0.5) is 0 Å². The topological polar surface area (TPSA) is 41.6 Å². The average Bonchev–Trinajstić information content (AvgIpc) is 2.69. The van der Waals surface area contributed by atoms with Crippen molar-refractivity contribution in [1.29, 1.82) is 0 Å². The Morgan fingerprint density at radius 1 is 1.20 bits per heavy atom. The molecule has 2 aromatic rings. The monoisotopic (exact) mass is 199 g/mol. The van der Waals surface area contributed by atoms with Gasteiger partial charge in [-0.25, -0.2) is 0 Å². The summed E-state index contributed by atoms with van der Waals surface area (Å²) in [5.41, 5.74) is 4.61. The number of aryl methyl sites for hydroxylation is 2. The van der Waals surface area contributed by atoms with Crippen LogP contribution in [-0.4, -0.2) is 15.4 Å². The molecule has 0 aliphatic heterocycles. The molecule has 0 fully saturated rings. The summed E-state index contributed by atoms with van der Waals surface area (Å²) >= 11 is 0. The first-order valence-corrected chi connectivity index (χ1v) is 4.87. The molecular weight excluding hydrogens is 186 g/mol. The van der Waals surface area contributed by atoms with Gasteiger partial charge < -0.3 is 0 Å². The van der Waals surface area contributed by atoms with Crippen LogP contribution in [0.15, 0.2) is 24.4 Å². The van der Waals surface area contributed by atoms with Crippen molar-refractivity contribution in [2.75, 3.05) is 0 Å². The van der Waals surface area contributed by atoms with Gasteiger partial charge in [-0.1, -0.05) is 29.8 Å². The third-order valence-electron chi connectivity index (χ3n) is 2.29. The first-order chi connectivity index (χ1) is 7.25. The Morgan fingerprint density at radius 3 is 2.73 bits per heavy atom. The fourth-order valence-corrected chi connectivity index (χ4v) is 1.48. The molecule has 0 aliphatic carbocycles. The number of nitrogens with one attached hydrogen (secondary N) is 1. The number of benzene rings is 1. The SMILES string of the molecule is Cc1ccc(C=Cc2cn[nH]n2)c(C)c1. The summed E-state index contributed by atoms with van der Waals surface area (Å²) in [6, 6.07) is 6.39. The molecule has 1 aromatic carbocycles. The minimum absolute atomic E-state index is 0.843. The van der Waals surface area contributed by atoms with Gasteiger partial charge in [0.1, 0.15) is 5.69 Å². The number of rotatable bonds is 2. The van der Waals surface area contributed by atoms with E-state index < -0.39 is 0 Å². The van der Waals surface area contributed by atoms with E-state index in [-0.39, 0.29) is 0 Å². The predicted molar refractivity (Wildman–Crippen MR) is 61.2 cm³/mol. The van der Waals surface area contributed by atoms with Crippen molar-refractivity contribution in [3.8, 4) is 0 Å². The fourth-order valence-electron chi connectivity index (χ4n) is 1.48. The maximum absolute atomic E-state index is 3.96. The van der Waals surface area contributed by atoms with Crippen molar-refractivity contribution < 1.29 is 0 Å². The quantitative estimate of drug-likeness (QED) is 0.807. The number of H-pyrrole nitrogens is 1. The summed E-state index contributed by atoms with van der Waals surface area (Å²) < 4.78 is 0. The third kappa shape index (κ3) is 2.31. The zero-order valence-electron chi connectivity index (χ0n) is 8.86. The van der Waals surface area contributed by atoms with Crippen molar-refractivity contribution in [2.24, 2.45) is 0 Å². The smallest absolute Gasteiger partial charge is 0.105 e. The number of aromatic nitrogens is 3. The van der Waals surface area contributed by atoms with Crippen LogP contribution in [-0.2, 0) is 0 Å². The molecule has 15 heavy (non-hydrogen) atoms. The van der Waals surface area contributed by atoms with E-state index in [2.05, 4.69) is 47.5 Å². The van der Waals surface area contributed by atoms with E-state index in [0.29, 0.717) is 0 Å². The molecule has 0 saturated heterocycles. The molecule has 0 saturated carbocycles. The van der Waals surface area contributed by atoms with Crippen molar-refractivity contribution in [3.63, 3.8) is 0 Å². The van der Waals surface area contributed by atoms with Gasteiger partial charge >= 0.3 is 0 Å². The zero-order valence-corrected chi connectivity index (χ0v) is 8.86. The van der Waals surface area contributed by atoms with Crippen molar-refractivity contribution in [1.82, 2.24) is 15.4 Å². The van der Waals surface area contributed by atoms with Crippen LogP contribution in [0.2, 0.25) is 0 Å². The van der Waals surface area contributed by atoms with E-state index in [1.165, 1.54) is 16.7 Å². The van der Waals surface area contributed by atoms with E-state index in [4.69, 9.17) is 0 Å². The van der Waals surface area contributed by atoms with Gasteiger partial charge in [0.25, 0.3) is 0 Å². The standard InChI is InChI=1S/C12H13N3/c1-9-3-4-11(10(2)7-9)5-6-12-8-13-15-14-12/h3-8H,1-2H3,(H,13,14,15). The second-order valence-electron chi connectivity index (χ2n) is 3.59. The summed E-state index contributed by atoms with van der Waals surface area (Å²) in [6.45, 7) is 4.20. The molecule has 0 aliphatic rings. The average molecular weight is 199 g/mol. The molecule has 1 aromatic heterocycles. The number of nitrogens with zero attached hydrogens (tertiary/aromatic N) is 2. The van der Waals surface area contributed by atoms with Gasteiger partial charge in [-0.05, 0) is 31.1 Å². The van der Waals surface area contributed by atoms with Crippen molar-refractivity contribution in [3.05, 3.63) is 46.8 Å². The predicted octanol–water partition coefficient (Wildman–Crippen LogP) is 2.59. The Morgan fingerprint density at radius 2 is 2.07 bits per heavy atom. The maximum atomic E-state index is 3.96. The van der Waals surface area contributed by atoms with Crippen LogP contribution in [0.3, 0.4) is 0 Å². The highest BCUT2D eigenvalue weighted by molar-refractivity contribution is 5.69. The number of hydrogen-bond donors (Lipinski definition) is 1. The molecule has 0 atom stereocenters. The highest BCUT2D eigenvalue weighted by Gasteiger charge is 1.94. The Bertz CT molecular complexity index is 470. The molecule has 0 spiro atoms. The molecule has 3 heteroatoms. The van der Waals surface area contributed by atoms with Gasteiger partial charge in [0.05, 0.1) is 6.20 Å². The summed E-state index contributed by atoms with van der Waals surface area (Å²) in [5.74, 6) is 0. The highest BCUT2D eigenvalue weighted by Crippen LogP contribution is 2.13. The van der Waals surface area contributed by atoms with Gasteiger partial charge in [0.2, 0.25) is 0 Å². The van der Waals surface area contributed by atoms with Crippen molar-refractivity contribution >= 4 is 12.2 Å². The number of hydrogen-bond acceptors (Lipinski definition) is 2. The largest absolute Gasteiger partial charge is 0.197 e. The molecule has 76 valence electrons. The summed E-state index contributed by atoms with van der Waals surface area (Å²) in [6.07, 6.45) is 5.69.